The molecule has 0 heterocycles. The van der Waals surface area contributed by atoms with Crippen molar-refractivity contribution in [3.05, 3.63) is 27.7 Å². The van der Waals surface area contributed by atoms with Crippen LogP contribution in [0.5, 0.6) is 5.75 Å². The first-order chi connectivity index (χ1) is 7.99. The minimum absolute atomic E-state index is 0.106. The van der Waals surface area contributed by atoms with Gasteiger partial charge in [0.2, 0.25) is 0 Å². The van der Waals surface area contributed by atoms with Crippen molar-refractivity contribution in [1.82, 2.24) is 0 Å². The third-order valence-corrected chi connectivity index (χ3v) is 3.02. The number of ether oxygens (including phenoxy) is 1. The number of aliphatic carboxylic acids is 1. The summed E-state index contributed by atoms with van der Waals surface area (Å²) < 4.78 is 6.20. The fourth-order valence-corrected chi connectivity index (χ4v) is 2.15. The Morgan fingerprint density at radius 2 is 2.06 bits per heavy atom. The van der Waals surface area contributed by atoms with E-state index in [2.05, 4.69) is 15.9 Å². The summed E-state index contributed by atoms with van der Waals surface area (Å²) in [5.74, 6) is -2.07. The molecule has 0 unspecified atom stereocenters. The van der Waals surface area contributed by atoms with Crippen LogP contribution in [0.1, 0.15) is 28.8 Å². The number of halogens is 1. The minimum atomic E-state index is -1.47. The first-order valence-corrected chi connectivity index (χ1v) is 6.02. The number of Topliss-reactive ketones (excluding diaryl/α,β-unsaturated/α-hetero) is 1. The number of carbonyl (C=O) groups is 2. The molecule has 0 bridgehead atoms. The summed E-state index contributed by atoms with van der Waals surface area (Å²) in [5.41, 5.74) is 0.917. The number of carbonyl (C=O) groups excluding carboxylic acids is 1. The monoisotopic (exact) mass is 298 g/mol. The molecule has 0 spiro atoms. The zero-order valence-corrected chi connectivity index (χ0v) is 10.8. The molecule has 1 aliphatic rings. The SMILES string of the molecule is Cc1cc(Br)c(OC2CC2)c(C(=O)C(=O)O)c1. The first kappa shape index (κ1) is 12.1. The predicted octanol–water partition coefficient (Wildman–Crippen LogP) is 2.57. The second-order valence-electron chi connectivity index (χ2n) is 4.07. The van der Waals surface area contributed by atoms with Gasteiger partial charge in [-0.25, -0.2) is 4.79 Å². The number of carboxylic acids is 1. The Labute approximate surface area is 107 Å². The van der Waals surface area contributed by atoms with Gasteiger partial charge in [0.15, 0.2) is 0 Å². The van der Waals surface area contributed by atoms with Gasteiger partial charge in [-0.15, -0.1) is 0 Å². The number of aryl methyl sites for hydroxylation is 1. The van der Waals surface area contributed by atoms with Crippen LogP contribution < -0.4 is 4.74 Å². The van der Waals surface area contributed by atoms with Gasteiger partial charge in [-0.1, -0.05) is 0 Å². The number of ketones is 1. The summed E-state index contributed by atoms with van der Waals surface area (Å²) in [6.45, 7) is 1.80. The molecule has 0 saturated heterocycles. The summed E-state index contributed by atoms with van der Waals surface area (Å²) in [7, 11) is 0. The van der Waals surface area contributed by atoms with Gasteiger partial charge in [-0.3, -0.25) is 4.79 Å². The smallest absolute Gasteiger partial charge is 0.377 e. The molecule has 1 aromatic rings. The molecule has 2 rings (SSSR count). The third-order valence-electron chi connectivity index (χ3n) is 2.44. The van der Waals surface area contributed by atoms with Crippen molar-refractivity contribution in [3.8, 4) is 5.75 Å². The van der Waals surface area contributed by atoms with E-state index in [1.165, 1.54) is 0 Å². The summed E-state index contributed by atoms with van der Waals surface area (Å²) in [5, 5.41) is 8.77. The Kier molecular flexibility index (Phi) is 3.19. The van der Waals surface area contributed by atoms with Crippen LogP contribution in [0.4, 0.5) is 0 Å². The molecule has 0 aliphatic heterocycles. The molecule has 1 saturated carbocycles. The van der Waals surface area contributed by atoms with E-state index in [-0.39, 0.29) is 11.7 Å². The van der Waals surface area contributed by atoms with Crippen molar-refractivity contribution < 1.29 is 19.4 Å². The van der Waals surface area contributed by atoms with Crippen LogP contribution in [0.15, 0.2) is 16.6 Å². The molecular formula is C12H11BrO4. The van der Waals surface area contributed by atoms with Crippen molar-refractivity contribution >= 4 is 27.7 Å². The van der Waals surface area contributed by atoms with E-state index in [0.717, 1.165) is 18.4 Å². The fraction of sp³-hybridized carbons (Fsp3) is 0.333. The van der Waals surface area contributed by atoms with Crippen LogP contribution in [-0.2, 0) is 4.79 Å². The molecule has 1 aliphatic carbocycles. The minimum Gasteiger partial charge on any atom is -0.488 e. The molecule has 0 radical (unpaired) electrons. The van der Waals surface area contributed by atoms with Gasteiger partial charge in [0.05, 0.1) is 16.1 Å². The molecule has 5 heteroatoms. The zero-order valence-electron chi connectivity index (χ0n) is 9.20. The summed E-state index contributed by atoms with van der Waals surface area (Å²) in [4.78, 5) is 22.3. The van der Waals surface area contributed by atoms with Crippen molar-refractivity contribution in [2.24, 2.45) is 0 Å². The van der Waals surface area contributed by atoms with E-state index in [1.54, 1.807) is 19.1 Å². The standard InChI is InChI=1S/C12H11BrO4/c1-6-4-8(10(14)12(15)16)11(9(13)5-6)17-7-2-3-7/h4-5,7H,2-3H2,1H3,(H,15,16). The fourth-order valence-electron chi connectivity index (χ4n) is 1.49. The lowest BCUT2D eigenvalue weighted by Crippen LogP contribution is -2.15. The summed E-state index contributed by atoms with van der Waals surface area (Å²) >= 11 is 3.30. The van der Waals surface area contributed by atoms with Crippen LogP contribution in [0, 0.1) is 6.92 Å². The second-order valence-corrected chi connectivity index (χ2v) is 4.93. The van der Waals surface area contributed by atoms with E-state index in [4.69, 9.17) is 9.84 Å². The quantitative estimate of drug-likeness (QED) is 0.685. The molecule has 0 amide bonds. The number of carboxylic acid groups (broad SMARTS) is 1. The molecule has 0 aromatic heterocycles. The van der Waals surface area contributed by atoms with Crippen LogP contribution in [0.2, 0.25) is 0 Å². The molecule has 0 atom stereocenters. The van der Waals surface area contributed by atoms with Crippen LogP contribution >= 0.6 is 15.9 Å². The maximum Gasteiger partial charge on any atom is 0.377 e. The van der Waals surface area contributed by atoms with Gasteiger partial charge >= 0.3 is 5.97 Å². The highest BCUT2D eigenvalue weighted by atomic mass is 79.9. The zero-order chi connectivity index (χ0) is 12.6. The largest absolute Gasteiger partial charge is 0.488 e. The molecular weight excluding hydrogens is 288 g/mol. The van der Waals surface area contributed by atoms with Crippen molar-refractivity contribution in [2.75, 3.05) is 0 Å². The Morgan fingerprint density at radius 3 is 2.59 bits per heavy atom. The highest BCUT2D eigenvalue weighted by Gasteiger charge is 2.28. The van der Waals surface area contributed by atoms with Gasteiger partial charge in [-0.05, 0) is 53.4 Å². The van der Waals surface area contributed by atoms with Gasteiger partial charge < -0.3 is 9.84 Å². The third kappa shape index (κ3) is 2.66. The van der Waals surface area contributed by atoms with Crippen molar-refractivity contribution in [2.45, 2.75) is 25.9 Å². The van der Waals surface area contributed by atoms with E-state index >= 15 is 0 Å². The highest BCUT2D eigenvalue weighted by Crippen LogP contribution is 2.36. The maximum absolute atomic E-state index is 11.6. The van der Waals surface area contributed by atoms with Gasteiger partial charge in [0.25, 0.3) is 5.78 Å². The topological polar surface area (TPSA) is 63.6 Å². The molecule has 4 nitrogen and oxygen atoms in total. The lowest BCUT2D eigenvalue weighted by atomic mass is 10.1. The highest BCUT2D eigenvalue weighted by molar-refractivity contribution is 9.10. The number of hydrogen-bond donors (Lipinski definition) is 1. The van der Waals surface area contributed by atoms with Crippen LogP contribution in [-0.4, -0.2) is 23.0 Å². The molecule has 1 aromatic carbocycles. The molecule has 1 fully saturated rings. The Bertz CT molecular complexity index is 492. The van der Waals surface area contributed by atoms with E-state index in [0.29, 0.717) is 10.2 Å². The molecule has 17 heavy (non-hydrogen) atoms. The number of hydrogen-bond acceptors (Lipinski definition) is 3. The van der Waals surface area contributed by atoms with Crippen molar-refractivity contribution in [1.29, 1.82) is 0 Å². The van der Waals surface area contributed by atoms with Crippen LogP contribution in [0.25, 0.3) is 0 Å². The first-order valence-electron chi connectivity index (χ1n) is 5.23. The Hall–Kier alpha value is -1.36. The van der Waals surface area contributed by atoms with Gasteiger partial charge in [0.1, 0.15) is 5.75 Å². The average Bonchev–Trinajstić information content (AvgIpc) is 3.04. The maximum atomic E-state index is 11.6. The van der Waals surface area contributed by atoms with E-state index in [9.17, 15) is 9.59 Å². The summed E-state index contributed by atoms with van der Waals surface area (Å²) in [6.07, 6.45) is 2.00. The Balaban J connectivity index is 2.45. The lowest BCUT2D eigenvalue weighted by Gasteiger charge is -2.12. The predicted molar refractivity (Wildman–Crippen MR) is 64.5 cm³/mol. The van der Waals surface area contributed by atoms with Gasteiger partial charge in [-0.2, -0.15) is 0 Å². The Morgan fingerprint density at radius 1 is 1.41 bits per heavy atom. The van der Waals surface area contributed by atoms with E-state index < -0.39 is 11.8 Å². The van der Waals surface area contributed by atoms with Crippen molar-refractivity contribution in [3.63, 3.8) is 0 Å². The number of benzene rings is 1. The average molecular weight is 299 g/mol. The summed E-state index contributed by atoms with van der Waals surface area (Å²) in [6, 6.07) is 3.34. The van der Waals surface area contributed by atoms with Crippen LogP contribution in [0.3, 0.4) is 0 Å². The van der Waals surface area contributed by atoms with E-state index in [1.807, 2.05) is 0 Å². The normalized spacial score (nSPS) is 14.5. The number of rotatable bonds is 4. The van der Waals surface area contributed by atoms with Gasteiger partial charge in [0, 0.05) is 0 Å². The second kappa shape index (κ2) is 4.49. The lowest BCUT2D eigenvalue weighted by molar-refractivity contribution is -0.131. The molecule has 1 N–H and O–H groups in total. The molecule has 90 valence electrons.